The molecule has 0 fully saturated rings. The molecule has 174 valence electrons. The van der Waals surface area contributed by atoms with Crippen molar-refractivity contribution in [2.75, 3.05) is 4.72 Å². The molecule has 3 aromatic rings. The van der Waals surface area contributed by atoms with E-state index in [0.29, 0.717) is 11.3 Å². The molecule has 3 aromatic carbocycles. The van der Waals surface area contributed by atoms with E-state index in [9.17, 15) is 21.6 Å². The number of sulfonamides is 2. The summed E-state index contributed by atoms with van der Waals surface area (Å²) in [6.07, 6.45) is 0. The van der Waals surface area contributed by atoms with E-state index in [1.165, 1.54) is 36.4 Å². The van der Waals surface area contributed by atoms with Crippen molar-refractivity contribution in [2.45, 2.75) is 36.6 Å². The van der Waals surface area contributed by atoms with Crippen LogP contribution < -0.4 is 15.2 Å². The van der Waals surface area contributed by atoms with Gasteiger partial charge in [-0.1, -0.05) is 18.2 Å². The molecule has 1 atom stereocenters. The molecule has 1 unspecified atom stereocenters. The third-order valence-electron chi connectivity index (χ3n) is 5.22. The molecule has 0 spiro atoms. The monoisotopic (exact) mass is 487 g/mol. The number of primary sulfonamides is 1. The second-order valence-electron chi connectivity index (χ2n) is 7.74. The summed E-state index contributed by atoms with van der Waals surface area (Å²) in [5.41, 5.74) is 3.29. The largest absolute Gasteiger partial charge is 0.346 e. The van der Waals surface area contributed by atoms with Crippen molar-refractivity contribution in [3.63, 3.8) is 0 Å². The van der Waals surface area contributed by atoms with Crippen LogP contribution in [-0.2, 0) is 20.0 Å². The number of anilines is 1. The standard InChI is InChI=1S/C23H25N3O5S2/c1-15-7-10-20(13-16(15)2)26-33(30,31)21-11-8-18(9-12-21)23(27)25-17(3)19-5-4-6-22(14-19)32(24,28)29/h4-14,17,26H,1-3H3,(H,25,27)(H2,24,28,29). The smallest absolute Gasteiger partial charge is 0.261 e. The number of rotatable bonds is 7. The molecule has 1 amide bonds. The lowest BCUT2D eigenvalue weighted by atomic mass is 10.1. The number of benzene rings is 3. The molecule has 0 saturated heterocycles. The SMILES string of the molecule is Cc1ccc(NS(=O)(=O)c2ccc(C(=O)NC(C)c3cccc(S(N)(=O)=O)c3)cc2)cc1C. The van der Waals surface area contributed by atoms with Crippen molar-refractivity contribution >= 4 is 31.6 Å². The Balaban J connectivity index is 1.72. The number of carbonyl (C=O) groups is 1. The molecular weight excluding hydrogens is 462 g/mol. The summed E-state index contributed by atoms with van der Waals surface area (Å²) in [6.45, 7) is 5.54. The van der Waals surface area contributed by atoms with E-state index in [1.54, 1.807) is 31.2 Å². The van der Waals surface area contributed by atoms with Gasteiger partial charge in [0.2, 0.25) is 10.0 Å². The second-order valence-corrected chi connectivity index (χ2v) is 11.0. The molecule has 8 nitrogen and oxygen atoms in total. The summed E-state index contributed by atoms with van der Waals surface area (Å²) in [5.74, 6) is -0.436. The highest BCUT2D eigenvalue weighted by molar-refractivity contribution is 7.92. The first-order valence-electron chi connectivity index (χ1n) is 10.0. The zero-order valence-electron chi connectivity index (χ0n) is 18.4. The summed E-state index contributed by atoms with van der Waals surface area (Å²) in [6, 6.07) is 16.3. The molecule has 0 bridgehead atoms. The van der Waals surface area contributed by atoms with Gasteiger partial charge in [0.15, 0.2) is 0 Å². The molecule has 0 aromatic heterocycles. The minimum Gasteiger partial charge on any atom is -0.346 e. The van der Waals surface area contributed by atoms with Gasteiger partial charge in [-0.05, 0) is 86.0 Å². The van der Waals surface area contributed by atoms with Crippen LogP contribution in [0.4, 0.5) is 5.69 Å². The molecule has 0 saturated carbocycles. The zero-order valence-corrected chi connectivity index (χ0v) is 20.0. The predicted octanol–water partition coefficient (Wildman–Crippen LogP) is 3.24. The van der Waals surface area contributed by atoms with Crippen molar-refractivity contribution in [2.24, 2.45) is 5.14 Å². The molecule has 0 heterocycles. The van der Waals surface area contributed by atoms with E-state index in [0.717, 1.165) is 11.1 Å². The van der Waals surface area contributed by atoms with Crippen LogP contribution in [0.5, 0.6) is 0 Å². The Kier molecular flexibility index (Phi) is 6.92. The van der Waals surface area contributed by atoms with E-state index in [-0.39, 0.29) is 15.4 Å². The number of nitrogens with one attached hydrogen (secondary N) is 2. The van der Waals surface area contributed by atoms with Crippen LogP contribution in [0.1, 0.15) is 40.0 Å². The van der Waals surface area contributed by atoms with E-state index in [4.69, 9.17) is 5.14 Å². The van der Waals surface area contributed by atoms with Crippen LogP contribution in [-0.4, -0.2) is 22.7 Å². The fourth-order valence-electron chi connectivity index (χ4n) is 3.13. The van der Waals surface area contributed by atoms with Crippen LogP contribution in [0.15, 0.2) is 76.5 Å². The van der Waals surface area contributed by atoms with Crippen LogP contribution in [0, 0.1) is 13.8 Å². The second kappa shape index (κ2) is 9.34. The lowest BCUT2D eigenvalue weighted by Gasteiger charge is -2.15. The number of carbonyl (C=O) groups excluding carboxylic acids is 1. The van der Waals surface area contributed by atoms with Gasteiger partial charge < -0.3 is 5.32 Å². The van der Waals surface area contributed by atoms with E-state index in [1.807, 2.05) is 19.9 Å². The van der Waals surface area contributed by atoms with Crippen molar-refractivity contribution < 1.29 is 21.6 Å². The lowest BCUT2D eigenvalue weighted by molar-refractivity contribution is 0.0939. The van der Waals surface area contributed by atoms with E-state index < -0.39 is 32.0 Å². The lowest BCUT2D eigenvalue weighted by Crippen LogP contribution is -2.27. The maximum absolute atomic E-state index is 12.7. The minimum atomic E-state index is -3.86. The Labute approximate surface area is 193 Å². The Morgan fingerprint density at radius 2 is 1.52 bits per heavy atom. The van der Waals surface area contributed by atoms with Crippen molar-refractivity contribution in [1.82, 2.24) is 5.32 Å². The average Bonchev–Trinajstić information content (AvgIpc) is 2.75. The summed E-state index contributed by atoms with van der Waals surface area (Å²) >= 11 is 0. The number of aryl methyl sites for hydroxylation is 2. The van der Waals surface area contributed by atoms with Crippen molar-refractivity contribution in [1.29, 1.82) is 0 Å². The minimum absolute atomic E-state index is 0.0196. The summed E-state index contributed by atoms with van der Waals surface area (Å²) in [5, 5.41) is 7.92. The number of nitrogens with two attached hydrogens (primary N) is 1. The molecule has 0 aliphatic carbocycles. The van der Waals surface area contributed by atoms with Crippen LogP contribution in [0.2, 0.25) is 0 Å². The van der Waals surface area contributed by atoms with Gasteiger partial charge in [-0.3, -0.25) is 9.52 Å². The Morgan fingerprint density at radius 1 is 0.848 bits per heavy atom. The highest BCUT2D eigenvalue weighted by atomic mass is 32.2. The Bertz CT molecular complexity index is 1400. The highest BCUT2D eigenvalue weighted by Crippen LogP contribution is 2.20. The first-order valence-corrected chi connectivity index (χ1v) is 13.0. The van der Waals surface area contributed by atoms with Gasteiger partial charge in [0.05, 0.1) is 15.8 Å². The third kappa shape index (κ3) is 5.98. The van der Waals surface area contributed by atoms with Gasteiger partial charge in [-0.25, -0.2) is 22.0 Å². The van der Waals surface area contributed by atoms with Crippen molar-refractivity contribution in [3.05, 3.63) is 89.0 Å². The Hall–Kier alpha value is -3.21. The van der Waals surface area contributed by atoms with Gasteiger partial charge in [0, 0.05) is 11.3 Å². The number of hydrogen-bond donors (Lipinski definition) is 3. The normalized spacial score (nSPS) is 12.7. The van der Waals surface area contributed by atoms with Crippen LogP contribution >= 0.6 is 0 Å². The van der Waals surface area contributed by atoms with Crippen molar-refractivity contribution in [3.8, 4) is 0 Å². The summed E-state index contributed by atoms with van der Waals surface area (Å²) in [7, 11) is -7.68. The van der Waals surface area contributed by atoms with Gasteiger partial charge in [0.25, 0.3) is 15.9 Å². The Morgan fingerprint density at radius 3 is 2.12 bits per heavy atom. The van der Waals surface area contributed by atoms with Crippen LogP contribution in [0.25, 0.3) is 0 Å². The molecule has 4 N–H and O–H groups in total. The third-order valence-corrected chi connectivity index (χ3v) is 7.53. The summed E-state index contributed by atoms with van der Waals surface area (Å²) in [4.78, 5) is 12.6. The van der Waals surface area contributed by atoms with Gasteiger partial charge in [0.1, 0.15) is 0 Å². The first-order chi connectivity index (χ1) is 15.4. The quantitative estimate of drug-likeness (QED) is 0.470. The van der Waals surface area contributed by atoms with Crippen LogP contribution in [0.3, 0.4) is 0 Å². The number of amides is 1. The van der Waals surface area contributed by atoms with Gasteiger partial charge in [-0.15, -0.1) is 0 Å². The highest BCUT2D eigenvalue weighted by Gasteiger charge is 2.17. The molecule has 0 aliphatic heterocycles. The van der Waals surface area contributed by atoms with E-state index >= 15 is 0 Å². The molecule has 0 aliphatic rings. The molecule has 3 rings (SSSR count). The zero-order chi connectivity index (χ0) is 24.4. The molecule has 33 heavy (non-hydrogen) atoms. The summed E-state index contributed by atoms with van der Waals surface area (Å²) < 4.78 is 51.0. The first kappa shape index (κ1) is 24.4. The topological polar surface area (TPSA) is 135 Å². The molecule has 10 heteroatoms. The molecule has 0 radical (unpaired) electrons. The van der Waals surface area contributed by atoms with Gasteiger partial charge >= 0.3 is 0 Å². The number of hydrogen-bond acceptors (Lipinski definition) is 5. The maximum atomic E-state index is 12.7. The van der Waals surface area contributed by atoms with Gasteiger partial charge in [-0.2, -0.15) is 0 Å². The molecular formula is C23H25N3O5S2. The predicted molar refractivity (Wildman–Crippen MR) is 127 cm³/mol. The fourth-order valence-corrected chi connectivity index (χ4v) is 4.75. The average molecular weight is 488 g/mol. The maximum Gasteiger partial charge on any atom is 0.261 e. The fraction of sp³-hybridized carbons (Fsp3) is 0.174. The van der Waals surface area contributed by atoms with E-state index in [2.05, 4.69) is 10.0 Å².